The summed E-state index contributed by atoms with van der Waals surface area (Å²) in [7, 11) is 1.81. The SMILES string of the molecule is CSCCC(C)N(C)C(=O)c1ccc(I)c(O)c1. The zero-order chi connectivity index (χ0) is 13.7. The average molecular weight is 379 g/mol. The van der Waals surface area contributed by atoms with Crippen molar-refractivity contribution in [3.8, 4) is 5.75 Å². The van der Waals surface area contributed by atoms with Gasteiger partial charge in [0.2, 0.25) is 0 Å². The number of aromatic hydroxyl groups is 1. The summed E-state index contributed by atoms with van der Waals surface area (Å²) in [4.78, 5) is 14.0. The van der Waals surface area contributed by atoms with E-state index in [-0.39, 0.29) is 17.7 Å². The van der Waals surface area contributed by atoms with Crippen LogP contribution in [0.15, 0.2) is 18.2 Å². The Labute approximate surface area is 126 Å². The Morgan fingerprint density at radius 3 is 2.78 bits per heavy atom. The van der Waals surface area contributed by atoms with E-state index in [0.29, 0.717) is 5.56 Å². The Kier molecular flexibility index (Phi) is 6.28. The highest BCUT2D eigenvalue weighted by molar-refractivity contribution is 14.1. The summed E-state index contributed by atoms with van der Waals surface area (Å²) in [5.41, 5.74) is 0.534. The number of hydrogen-bond acceptors (Lipinski definition) is 3. The largest absolute Gasteiger partial charge is 0.507 e. The second kappa shape index (κ2) is 7.23. The van der Waals surface area contributed by atoms with Gasteiger partial charge >= 0.3 is 0 Å². The van der Waals surface area contributed by atoms with E-state index in [1.165, 1.54) is 6.07 Å². The van der Waals surface area contributed by atoms with Gasteiger partial charge in [0.25, 0.3) is 5.91 Å². The minimum Gasteiger partial charge on any atom is -0.507 e. The monoisotopic (exact) mass is 379 g/mol. The van der Waals surface area contributed by atoms with E-state index >= 15 is 0 Å². The highest BCUT2D eigenvalue weighted by Crippen LogP contribution is 2.21. The highest BCUT2D eigenvalue weighted by atomic mass is 127. The number of carbonyl (C=O) groups is 1. The van der Waals surface area contributed by atoms with Crippen LogP contribution in [0.2, 0.25) is 0 Å². The molecule has 1 atom stereocenters. The normalized spacial score (nSPS) is 12.2. The molecule has 0 aromatic heterocycles. The smallest absolute Gasteiger partial charge is 0.253 e. The van der Waals surface area contributed by atoms with Crippen molar-refractivity contribution in [2.45, 2.75) is 19.4 Å². The number of halogens is 1. The first-order chi connectivity index (χ1) is 8.47. The Morgan fingerprint density at radius 1 is 1.56 bits per heavy atom. The van der Waals surface area contributed by atoms with Crippen molar-refractivity contribution < 1.29 is 9.90 Å². The summed E-state index contributed by atoms with van der Waals surface area (Å²) in [5, 5.41) is 9.63. The third-order valence-corrected chi connectivity index (χ3v) is 4.47. The Morgan fingerprint density at radius 2 is 2.22 bits per heavy atom. The number of phenolic OH excluding ortho intramolecular Hbond substituents is 1. The standard InChI is InChI=1S/C13H18INO2S/c1-9(6-7-18-3)15(2)13(17)10-4-5-11(14)12(16)8-10/h4-5,8-9,16H,6-7H2,1-3H3. The van der Waals surface area contributed by atoms with Crippen LogP contribution in [-0.2, 0) is 0 Å². The van der Waals surface area contributed by atoms with Crippen LogP contribution in [0, 0.1) is 3.57 Å². The number of benzene rings is 1. The topological polar surface area (TPSA) is 40.5 Å². The van der Waals surface area contributed by atoms with Crippen molar-refractivity contribution in [3.63, 3.8) is 0 Å². The number of nitrogens with zero attached hydrogens (tertiary/aromatic N) is 1. The third kappa shape index (κ3) is 4.05. The summed E-state index contributed by atoms with van der Waals surface area (Å²) in [6.45, 7) is 2.04. The van der Waals surface area contributed by atoms with Crippen molar-refractivity contribution >= 4 is 40.3 Å². The lowest BCUT2D eigenvalue weighted by atomic mass is 10.1. The van der Waals surface area contributed by atoms with Gasteiger partial charge in [-0.25, -0.2) is 0 Å². The van der Waals surface area contributed by atoms with Gasteiger partial charge in [-0.05, 0) is 66.1 Å². The first-order valence-corrected chi connectivity index (χ1v) is 8.19. The van der Waals surface area contributed by atoms with Crippen LogP contribution in [0.1, 0.15) is 23.7 Å². The molecule has 1 aromatic rings. The van der Waals surface area contributed by atoms with Gasteiger partial charge in [-0.15, -0.1) is 0 Å². The van der Waals surface area contributed by atoms with Crippen LogP contribution >= 0.6 is 34.4 Å². The quantitative estimate of drug-likeness (QED) is 0.799. The zero-order valence-corrected chi connectivity index (χ0v) is 13.8. The van der Waals surface area contributed by atoms with Crippen LogP contribution in [0.5, 0.6) is 5.75 Å². The van der Waals surface area contributed by atoms with Gasteiger partial charge in [-0.1, -0.05) is 0 Å². The molecule has 0 radical (unpaired) electrons. The van der Waals surface area contributed by atoms with E-state index in [4.69, 9.17) is 0 Å². The van der Waals surface area contributed by atoms with Gasteiger partial charge in [0.1, 0.15) is 5.75 Å². The molecule has 5 heteroatoms. The summed E-state index contributed by atoms with van der Waals surface area (Å²) in [6.07, 6.45) is 3.03. The summed E-state index contributed by atoms with van der Waals surface area (Å²) >= 11 is 3.82. The molecule has 18 heavy (non-hydrogen) atoms. The first-order valence-electron chi connectivity index (χ1n) is 5.72. The molecule has 0 aliphatic rings. The molecular formula is C13H18INO2S. The molecule has 0 spiro atoms. The molecule has 0 bridgehead atoms. The fraction of sp³-hybridized carbons (Fsp3) is 0.462. The van der Waals surface area contributed by atoms with Crippen LogP contribution in [0.3, 0.4) is 0 Å². The predicted molar refractivity (Wildman–Crippen MR) is 85.4 cm³/mol. The summed E-state index contributed by atoms with van der Waals surface area (Å²) in [5.74, 6) is 1.15. The Balaban J connectivity index is 2.76. The highest BCUT2D eigenvalue weighted by Gasteiger charge is 2.17. The maximum absolute atomic E-state index is 12.2. The van der Waals surface area contributed by atoms with Crippen molar-refractivity contribution in [1.82, 2.24) is 4.90 Å². The number of hydrogen-bond donors (Lipinski definition) is 1. The predicted octanol–water partition coefficient (Wildman–Crippen LogP) is 3.21. The number of carbonyl (C=O) groups excluding carboxylic acids is 1. The summed E-state index contributed by atoms with van der Waals surface area (Å²) in [6, 6.07) is 5.24. The van der Waals surface area contributed by atoms with Crippen molar-refractivity contribution in [2.75, 3.05) is 19.1 Å². The van der Waals surface area contributed by atoms with Crippen molar-refractivity contribution in [1.29, 1.82) is 0 Å². The molecule has 1 rings (SSSR count). The van der Waals surface area contributed by atoms with E-state index < -0.39 is 0 Å². The van der Waals surface area contributed by atoms with E-state index in [0.717, 1.165) is 15.7 Å². The van der Waals surface area contributed by atoms with Gasteiger partial charge in [0, 0.05) is 18.7 Å². The van der Waals surface area contributed by atoms with Crippen molar-refractivity contribution in [3.05, 3.63) is 27.3 Å². The molecule has 0 saturated heterocycles. The molecule has 1 aromatic carbocycles. The molecule has 3 nitrogen and oxygen atoms in total. The van der Waals surface area contributed by atoms with E-state index in [2.05, 4.69) is 6.26 Å². The molecule has 0 saturated carbocycles. The zero-order valence-electron chi connectivity index (χ0n) is 10.8. The number of thioether (sulfide) groups is 1. The number of rotatable bonds is 5. The molecule has 100 valence electrons. The average Bonchev–Trinajstić information content (AvgIpc) is 2.37. The molecule has 1 N–H and O–H groups in total. The van der Waals surface area contributed by atoms with Crippen LogP contribution < -0.4 is 0 Å². The van der Waals surface area contributed by atoms with Crippen LogP contribution in [0.25, 0.3) is 0 Å². The number of amides is 1. The van der Waals surface area contributed by atoms with Crippen LogP contribution in [0.4, 0.5) is 0 Å². The minimum absolute atomic E-state index is 0.0460. The second-order valence-electron chi connectivity index (χ2n) is 4.21. The maximum Gasteiger partial charge on any atom is 0.253 e. The lowest BCUT2D eigenvalue weighted by molar-refractivity contribution is 0.0741. The number of phenols is 1. The van der Waals surface area contributed by atoms with E-state index in [1.807, 2.05) is 36.6 Å². The Bertz CT molecular complexity index is 425. The van der Waals surface area contributed by atoms with Gasteiger partial charge < -0.3 is 10.0 Å². The van der Waals surface area contributed by atoms with Gasteiger partial charge in [-0.3, -0.25) is 4.79 Å². The fourth-order valence-electron chi connectivity index (χ4n) is 1.53. The molecule has 0 fully saturated rings. The minimum atomic E-state index is -0.0460. The van der Waals surface area contributed by atoms with Gasteiger partial charge in [0.15, 0.2) is 0 Å². The van der Waals surface area contributed by atoms with Crippen molar-refractivity contribution in [2.24, 2.45) is 0 Å². The van der Waals surface area contributed by atoms with Crippen LogP contribution in [-0.4, -0.2) is 41.0 Å². The second-order valence-corrected chi connectivity index (χ2v) is 6.36. The third-order valence-electron chi connectivity index (χ3n) is 2.91. The molecule has 0 aliphatic carbocycles. The molecule has 1 unspecified atom stereocenters. The van der Waals surface area contributed by atoms with Gasteiger partial charge in [0.05, 0.1) is 3.57 Å². The lowest BCUT2D eigenvalue weighted by Gasteiger charge is -2.25. The Hall–Kier alpha value is -0.430. The first kappa shape index (κ1) is 15.6. The molecule has 1 amide bonds. The molecule has 0 aliphatic heterocycles. The molecular weight excluding hydrogens is 361 g/mol. The van der Waals surface area contributed by atoms with E-state index in [1.54, 1.807) is 28.8 Å². The lowest BCUT2D eigenvalue weighted by Crippen LogP contribution is -2.35. The molecule has 0 heterocycles. The van der Waals surface area contributed by atoms with Gasteiger partial charge in [-0.2, -0.15) is 11.8 Å². The summed E-state index contributed by atoms with van der Waals surface area (Å²) < 4.78 is 0.752. The van der Waals surface area contributed by atoms with E-state index in [9.17, 15) is 9.90 Å². The fourth-order valence-corrected chi connectivity index (χ4v) is 2.44. The maximum atomic E-state index is 12.2.